The van der Waals surface area contributed by atoms with Crippen LogP contribution in [-0.2, 0) is 4.79 Å². The van der Waals surface area contributed by atoms with Crippen molar-refractivity contribution >= 4 is 5.97 Å². The summed E-state index contributed by atoms with van der Waals surface area (Å²) in [7, 11) is 2.03. The molecule has 0 aliphatic heterocycles. The van der Waals surface area contributed by atoms with Gasteiger partial charge in [-0.1, -0.05) is 20.8 Å². The van der Waals surface area contributed by atoms with E-state index in [9.17, 15) is 4.79 Å². The predicted octanol–water partition coefficient (Wildman–Crippen LogP) is 1.83. The molecule has 0 aromatic carbocycles. The van der Waals surface area contributed by atoms with Crippen molar-refractivity contribution < 1.29 is 9.90 Å². The van der Waals surface area contributed by atoms with Gasteiger partial charge in [0.1, 0.15) is 0 Å². The van der Waals surface area contributed by atoms with Crippen LogP contribution in [-0.4, -0.2) is 36.1 Å². The van der Waals surface area contributed by atoms with Crippen LogP contribution in [0.5, 0.6) is 0 Å². The summed E-state index contributed by atoms with van der Waals surface area (Å²) in [6, 6.07) is 0. The maximum Gasteiger partial charge on any atom is 0.303 e. The standard InChI is InChI=1S/C10H21NO2/c1-10(2,3)8-11(4)7-5-6-9(12)13/h5-8H2,1-4H3,(H,12,13). The van der Waals surface area contributed by atoms with Crippen LogP contribution in [0.4, 0.5) is 0 Å². The van der Waals surface area contributed by atoms with Gasteiger partial charge >= 0.3 is 5.97 Å². The smallest absolute Gasteiger partial charge is 0.303 e. The topological polar surface area (TPSA) is 40.5 Å². The van der Waals surface area contributed by atoms with Gasteiger partial charge in [-0.15, -0.1) is 0 Å². The Morgan fingerprint density at radius 3 is 2.31 bits per heavy atom. The first-order valence-electron chi connectivity index (χ1n) is 4.71. The van der Waals surface area contributed by atoms with Crippen molar-refractivity contribution in [3.8, 4) is 0 Å². The zero-order valence-electron chi connectivity index (χ0n) is 9.13. The summed E-state index contributed by atoms with van der Waals surface area (Å²) >= 11 is 0. The van der Waals surface area contributed by atoms with Crippen molar-refractivity contribution in [2.24, 2.45) is 5.41 Å². The van der Waals surface area contributed by atoms with E-state index in [2.05, 4.69) is 25.7 Å². The second-order valence-corrected chi connectivity index (χ2v) is 4.80. The molecule has 0 rings (SSSR count). The van der Waals surface area contributed by atoms with Gasteiger partial charge in [0.25, 0.3) is 0 Å². The van der Waals surface area contributed by atoms with E-state index in [1.807, 2.05) is 7.05 Å². The van der Waals surface area contributed by atoms with Gasteiger partial charge in [-0.05, 0) is 25.4 Å². The Bertz CT molecular complexity index is 161. The van der Waals surface area contributed by atoms with Gasteiger partial charge in [-0.2, -0.15) is 0 Å². The van der Waals surface area contributed by atoms with Crippen LogP contribution in [0.25, 0.3) is 0 Å². The van der Waals surface area contributed by atoms with E-state index in [1.54, 1.807) is 0 Å². The lowest BCUT2D eigenvalue weighted by Crippen LogP contribution is -2.30. The van der Waals surface area contributed by atoms with Crippen LogP contribution in [0.15, 0.2) is 0 Å². The highest BCUT2D eigenvalue weighted by Gasteiger charge is 2.13. The van der Waals surface area contributed by atoms with E-state index in [1.165, 1.54) is 0 Å². The lowest BCUT2D eigenvalue weighted by molar-refractivity contribution is -0.137. The van der Waals surface area contributed by atoms with Crippen molar-refractivity contribution in [1.29, 1.82) is 0 Å². The maximum absolute atomic E-state index is 10.2. The molecular weight excluding hydrogens is 166 g/mol. The molecule has 0 unspecified atom stereocenters. The summed E-state index contributed by atoms with van der Waals surface area (Å²) in [5.74, 6) is -0.704. The lowest BCUT2D eigenvalue weighted by Gasteiger charge is -2.26. The van der Waals surface area contributed by atoms with Gasteiger partial charge in [0, 0.05) is 13.0 Å². The molecule has 0 amide bonds. The Hall–Kier alpha value is -0.570. The van der Waals surface area contributed by atoms with E-state index >= 15 is 0 Å². The quantitative estimate of drug-likeness (QED) is 0.714. The summed E-state index contributed by atoms with van der Waals surface area (Å²) in [5.41, 5.74) is 0.290. The zero-order chi connectivity index (χ0) is 10.5. The van der Waals surface area contributed by atoms with Crippen molar-refractivity contribution in [2.45, 2.75) is 33.6 Å². The van der Waals surface area contributed by atoms with Crippen molar-refractivity contribution in [2.75, 3.05) is 20.1 Å². The summed E-state index contributed by atoms with van der Waals surface area (Å²) in [6.07, 6.45) is 1.01. The minimum atomic E-state index is -0.704. The molecule has 0 aliphatic rings. The highest BCUT2D eigenvalue weighted by atomic mass is 16.4. The van der Waals surface area contributed by atoms with E-state index < -0.39 is 5.97 Å². The van der Waals surface area contributed by atoms with Crippen LogP contribution < -0.4 is 0 Å². The number of hydrogen-bond acceptors (Lipinski definition) is 2. The first-order valence-corrected chi connectivity index (χ1v) is 4.71. The Morgan fingerprint density at radius 1 is 1.38 bits per heavy atom. The number of carbonyl (C=O) groups is 1. The second-order valence-electron chi connectivity index (χ2n) is 4.80. The largest absolute Gasteiger partial charge is 0.481 e. The van der Waals surface area contributed by atoms with Crippen LogP contribution in [0, 0.1) is 5.41 Å². The average molecular weight is 187 g/mol. The second kappa shape index (κ2) is 5.22. The molecule has 0 fully saturated rings. The minimum Gasteiger partial charge on any atom is -0.481 e. The summed E-state index contributed by atoms with van der Waals surface area (Å²) in [6.45, 7) is 8.41. The van der Waals surface area contributed by atoms with E-state index in [0.29, 0.717) is 0 Å². The molecule has 13 heavy (non-hydrogen) atoms. The van der Waals surface area contributed by atoms with Gasteiger partial charge in [-0.25, -0.2) is 0 Å². The molecular formula is C10H21NO2. The van der Waals surface area contributed by atoms with Crippen LogP contribution in [0.1, 0.15) is 33.6 Å². The SMILES string of the molecule is CN(CCCC(=O)O)CC(C)(C)C. The third-order valence-corrected chi connectivity index (χ3v) is 1.67. The highest BCUT2D eigenvalue weighted by Crippen LogP contribution is 2.14. The third kappa shape index (κ3) is 9.34. The van der Waals surface area contributed by atoms with Gasteiger partial charge in [0.2, 0.25) is 0 Å². The Labute approximate surface area is 80.7 Å². The van der Waals surface area contributed by atoms with Crippen molar-refractivity contribution in [3.05, 3.63) is 0 Å². The highest BCUT2D eigenvalue weighted by molar-refractivity contribution is 5.66. The Balaban J connectivity index is 3.52. The molecule has 0 aromatic heterocycles. The normalized spacial score (nSPS) is 12.1. The number of aliphatic carboxylic acids is 1. The summed E-state index contributed by atoms with van der Waals surface area (Å²) in [4.78, 5) is 12.4. The Kier molecular flexibility index (Phi) is 4.99. The number of nitrogens with zero attached hydrogens (tertiary/aromatic N) is 1. The molecule has 0 aliphatic carbocycles. The van der Waals surface area contributed by atoms with Gasteiger partial charge in [0.15, 0.2) is 0 Å². The lowest BCUT2D eigenvalue weighted by atomic mass is 9.96. The molecule has 0 spiro atoms. The van der Waals surface area contributed by atoms with Crippen LogP contribution >= 0.6 is 0 Å². The molecule has 0 aromatic rings. The molecule has 78 valence electrons. The molecule has 3 heteroatoms. The number of hydrogen-bond donors (Lipinski definition) is 1. The molecule has 0 saturated carbocycles. The minimum absolute atomic E-state index is 0.272. The molecule has 1 N–H and O–H groups in total. The fraction of sp³-hybridized carbons (Fsp3) is 0.900. The fourth-order valence-corrected chi connectivity index (χ4v) is 1.39. The molecule has 0 bridgehead atoms. The Morgan fingerprint density at radius 2 is 1.92 bits per heavy atom. The third-order valence-electron chi connectivity index (χ3n) is 1.67. The number of rotatable bonds is 5. The van der Waals surface area contributed by atoms with E-state index in [-0.39, 0.29) is 11.8 Å². The van der Waals surface area contributed by atoms with E-state index in [0.717, 1.165) is 19.5 Å². The first kappa shape index (κ1) is 12.4. The van der Waals surface area contributed by atoms with Crippen LogP contribution in [0.2, 0.25) is 0 Å². The van der Waals surface area contributed by atoms with Gasteiger partial charge in [0.05, 0.1) is 0 Å². The van der Waals surface area contributed by atoms with Crippen molar-refractivity contribution in [1.82, 2.24) is 4.90 Å². The summed E-state index contributed by atoms with van der Waals surface area (Å²) < 4.78 is 0. The fourth-order valence-electron chi connectivity index (χ4n) is 1.39. The maximum atomic E-state index is 10.2. The van der Waals surface area contributed by atoms with Crippen LogP contribution in [0.3, 0.4) is 0 Å². The number of carboxylic acid groups (broad SMARTS) is 1. The molecule has 0 atom stereocenters. The zero-order valence-corrected chi connectivity index (χ0v) is 9.13. The molecule has 0 saturated heterocycles. The average Bonchev–Trinajstić information content (AvgIpc) is 1.81. The molecule has 0 radical (unpaired) electrons. The first-order chi connectivity index (χ1) is 5.81. The number of carboxylic acids is 1. The predicted molar refractivity (Wildman–Crippen MR) is 53.8 cm³/mol. The summed E-state index contributed by atoms with van der Waals surface area (Å²) in [5, 5.41) is 8.44. The van der Waals surface area contributed by atoms with E-state index in [4.69, 9.17) is 5.11 Å². The van der Waals surface area contributed by atoms with Gasteiger partial charge < -0.3 is 10.0 Å². The monoisotopic (exact) mass is 187 g/mol. The molecule has 0 heterocycles. The molecule has 3 nitrogen and oxygen atoms in total. The van der Waals surface area contributed by atoms with Gasteiger partial charge in [-0.3, -0.25) is 4.79 Å². The van der Waals surface area contributed by atoms with Crippen molar-refractivity contribution in [3.63, 3.8) is 0 Å².